The first-order chi connectivity index (χ1) is 7.86. The average Bonchev–Trinajstić information content (AvgIpc) is 2.24. The first-order valence-electron chi connectivity index (χ1n) is 4.84. The van der Waals surface area contributed by atoms with Gasteiger partial charge >= 0.3 is 6.18 Å². The quantitative estimate of drug-likeness (QED) is 0.641. The second-order valence-corrected chi connectivity index (χ2v) is 3.49. The van der Waals surface area contributed by atoms with Gasteiger partial charge in [-0.2, -0.15) is 13.2 Å². The van der Waals surface area contributed by atoms with Crippen LogP contribution in [0.1, 0.15) is 30.1 Å². The minimum absolute atomic E-state index is 0.00517. The van der Waals surface area contributed by atoms with E-state index in [4.69, 9.17) is 6.42 Å². The van der Waals surface area contributed by atoms with E-state index < -0.39 is 23.7 Å². The third-order valence-electron chi connectivity index (χ3n) is 2.24. The molecule has 1 unspecified atom stereocenters. The van der Waals surface area contributed by atoms with Crippen LogP contribution in [0.4, 0.5) is 17.6 Å². The molecule has 0 saturated carbocycles. The summed E-state index contributed by atoms with van der Waals surface area (Å²) in [6, 6.07) is 2.18. The molecule has 17 heavy (non-hydrogen) atoms. The van der Waals surface area contributed by atoms with Crippen molar-refractivity contribution >= 4 is 0 Å². The van der Waals surface area contributed by atoms with Crippen LogP contribution in [0.2, 0.25) is 0 Å². The van der Waals surface area contributed by atoms with Crippen LogP contribution in [-0.2, 0) is 6.18 Å². The Kier molecular flexibility index (Phi) is 4.13. The monoisotopic (exact) mass is 246 g/mol. The van der Waals surface area contributed by atoms with E-state index in [0.717, 1.165) is 12.1 Å². The van der Waals surface area contributed by atoms with E-state index in [2.05, 4.69) is 5.92 Å². The summed E-state index contributed by atoms with van der Waals surface area (Å²) in [5.41, 5.74) is -1.52. The van der Waals surface area contributed by atoms with Gasteiger partial charge in [-0.1, -0.05) is 6.07 Å². The molecule has 1 aromatic rings. The molecule has 1 N–H and O–H groups in total. The Balaban J connectivity index is 3.11. The molecule has 1 aromatic carbocycles. The highest BCUT2D eigenvalue weighted by molar-refractivity contribution is 5.32. The summed E-state index contributed by atoms with van der Waals surface area (Å²) < 4.78 is 50.6. The number of hydrogen-bond acceptors (Lipinski definition) is 1. The van der Waals surface area contributed by atoms with Crippen molar-refractivity contribution in [1.82, 2.24) is 0 Å². The number of aliphatic hydroxyl groups is 1. The van der Waals surface area contributed by atoms with Crippen molar-refractivity contribution in [2.24, 2.45) is 0 Å². The molecule has 1 rings (SSSR count). The van der Waals surface area contributed by atoms with Crippen LogP contribution in [0.3, 0.4) is 0 Å². The van der Waals surface area contributed by atoms with Gasteiger partial charge in [0.25, 0.3) is 0 Å². The molecule has 0 aliphatic heterocycles. The van der Waals surface area contributed by atoms with Crippen LogP contribution in [0.25, 0.3) is 0 Å². The lowest BCUT2D eigenvalue weighted by atomic mass is 9.98. The van der Waals surface area contributed by atoms with Crippen molar-refractivity contribution in [3.8, 4) is 12.3 Å². The molecule has 0 saturated heterocycles. The fourth-order valence-corrected chi connectivity index (χ4v) is 1.44. The second-order valence-electron chi connectivity index (χ2n) is 3.49. The summed E-state index contributed by atoms with van der Waals surface area (Å²) in [6.07, 6.45) is -0.931. The standard InChI is InChI=1S/C12H10F4O/c1-2-3-4-11(17)9-6-5-8(13)7-10(9)12(14,15)16/h1,5-7,11,17H,3-4H2. The van der Waals surface area contributed by atoms with Crippen molar-refractivity contribution in [1.29, 1.82) is 0 Å². The summed E-state index contributed by atoms with van der Waals surface area (Å²) >= 11 is 0. The molecule has 0 spiro atoms. The maximum Gasteiger partial charge on any atom is 0.416 e. The number of alkyl halides is 3. The lowest BCUT2D eigenvalue weighted by Crippen LogP contribution is -2.12. The van der Waals surface area contributed by atoms with Crippen LogP contribution < -0.4 is 0 Å². The van der Waals surface area contributed by atoms with Gasteiger partial charge in [-0.15, -0.1) is 12.3 Å². The topological polar surface area (TPSA) is 20.2 Å². The highest BCUT2D eigenvalue weighted by Crippen LogP contribution is 2.36. The Hall–Kier alpha value is -1.54. The zero-order chi connectivity index (χ0) is 13.1. The normalized spacial score (nSPS) is 13.2. The molecule has 5 heteroatoms. The zero-order valence-corrected chi connectivity index (χ0v) is 8.76. The van der Waals surface area contributed by atoms with Gasteiger partial charge in [-0.3, -0.25) is 0 Å². The number of terminal acetylenes is 1. The summed E-state index contributed by atoms with van der Waals surface area (Å²) in [5.74, 6) is 1.23. The van der Waals surface area contributed by atoms with E-state index in [9.17, 15) is 22.7 Å². The highest BCUT2D eigenvalue weighted by Gasteiger charge is 2.35. The van der Waals surface area contributed by atoms with Crippen molar-refractivity contribution in [3.05, 3.63) is 35.1 Å². The van der Waals surface area contributed by atoms with Crippen LogP contribution in [0.5, 0.6) is 0 Å². The maximum atomic E-state index is 12.8. The Bertz CT molecular complexity index is 431. The number of halogens is 4. The van der Waals surface area contributed by atoms with Gasteiger partial charge in [0.15, 0.2) is 0 Å². The molecule has 92 valence electrons. The Morgan fingerprint density at radius 2 is 2.00 bits per heavy atom. The molecule has 0 aromatic heterocycles. The zero-order valence-electron chi connectivity index (χ0n) is 8.76. The molecule has 0 heterocycles. The van der Waals surface area contributed by atoms with Crippen LogP contribution in [0.15, 0.2) is 18.2 Å². The molecule has 0 radical (unpaired) electrons. The molecule has 1 atom stereocenters. The van der Waals surface area contributed by atoms with Gasteiger partial charge in [-0.05, 0) is 24.1 Å². The van der Waals surface area contributed by atoms with E-state index in [0.29, 0.717) is 6.07 Å². The van der Waals surface area contributed by atoms with Crippen molar-refractivity contribution < 1.29 is 22.7 Å². The van der Waals surface area contributed by atoms with E-state index in [-0.39, 0.29) is 18.4 Å². The van der Waals surface area contributed by atoms with Crippen molar-refractivity contribution in [3.63, 3.8) is 0 Å². The summed E-state index contributed by atoms with van der Waals surface area (Å²) in [7, 11) is 0. The van der Waals surface area contributed by atoms with Gasteiger partial charge in [0.05, 0.1) is 11.7 Å². The van der Waals surface area contributed by atoms with Crippen molar-refractivity contribution in [2.75, 3.05) is 0 Å². The lowest BCUT2D eigenvalue weighted by Gasteiger charge is -2.16. The molecule has 1 nitrogen and oxygen atoms in total. The van der Waals surface area contributed by atoms with E-state index in [1.54, 1.807) is 0 Å². The van der Waals surface area contributed by atoms with Gasteiger partial charge in [0.1, 0.15) is 5.82 Å². The first-order valence-corrected chi connectivity index (χ1v) is 4.84. The maximum absolute atomic E-state index is 12.8. The Labute approximate surface area is 96.1 Å². The molecule has 0 amide bonds. The molecule has 0 bridgehead atoms. The summed E-state index contributed by atoms with van der Waals surface area (Å²) in [4.78, 5) is 0. The smallest absolute Gasteiger partial charge is 0.388 e. The number of benzene rings is 1. The largest absolute Gasteiger partial charge is 0.416 e. The highest BCUT2D eigenvalue weighted by atomic mass is 19.4. The lowest BCUT2D eigenvalue weighted by molar-refractivity contribution is -0.139. The third kappa shape index (κ3) is 3.46. The fourth-order valence-electron chi connectivity index (χ4n) is 1.44. The Morgan fingerprint density at radius 3 is 2.53 bits per heavy atom. The molecular formula is C12H10F4O. The molecule has 0 aliphatic carbocycles. The fraction of sp³-hybridized carbons (Fsp3) is 0.333. The first kappa shape index (κ1) is 13.5. The average molecular weight is 246 g/mol. The predicted octanol–water partition coefficient (Wildman–Crippen LogP) is 3.29. The molecule has 0 fully saturated rings. The number of rotatable bonds is 3. The minimum atomic E-state index is -4.70. The SMILES string of the molecule is C#CCCC(O)c1ccc(F)cc1C(F)(F)F. The van der Waals surface area contributed by atoms with Gasteiger partial charge in [-0.25, -0.2) is 4.39 Å². The van der Waals surface area contributed by atoms with Gasteiger partial charge < -0.3 is 5.11 Å². The number of aliphatic hydroxyl groups excluding tert-OH is 1. The van der Waals surface area contributed by atoms with Gasteiger partial charge in [0, 0.05) is 6.42 Å². The minimum Gasteiger partial charge on any atom is -0.388 e. The van der Waals surface area contributed by atoms with Crippen LogP contribution in [-0.4, -0.2) is 5.11 Å². The van der Waals surface area contributed by atoms with Crippen LogP contribution >= 0.6 is 0 Å². The molecule has 0 aliphatic rings. The summed E-state index contributed by atoms with van der Waals surface area (Å²) in [6.45, 7) is 0. The third-order valence-corrected chi connectivity index (χ3v) is 2.24. The van der Waals surface area contributed by atoms with E-state index in [1.165, 1.54) is 0 Å². The summed E-state index contributed by atoms with van der Waals surface area (Å²) in [5, 5.41) is 9.57. The van der Waals surface area contributed by atoms with E-state index >= 15 is 0 Å². The Morgan fingerprint density at radius 1 is 1.35 bits per heavy atom. The van der Waals surface area contributed by atoms with Crippen molar-refractivity contribution in [2.45, 2.75) is 25.1 Å². The van der Waals surface area contributed by atoms with E-state index in [1.807, 2.05) is 0 Å². The number of hydrogen-bond donors (Lipinski definition) is 1. The molecular weight excluding hydrogens is 236 g/mol. The van der Waals surface area contributed by atoms with Gasteiger partial charge in [0.2, 0.25) is 0 Å². The predicted molar refractivity (Wildman–Crippen MR) is 54.4 cm³/mol. The van der Waals surface area contributed by atoms with Crippen LogP contribution in [0, 0.1) is 18.2 Å². The second kappa shape index (κ2) is 5.19.